The van der Waals surface area contributed by atoms with Gasteiger partial charge in [0.15, 0.2) is 9.84 Å². The van der Waals surface area contributed by atoms with Gasteiger partial charge in [-0.1, -0.05) is 0 Å². The van der Waals surface area contributed by atoms with Crippen molar-refractivity contribution in [1.82, 2.24) is 0 Å². The average Bonchev–Trinajstić information content (AvgIpc) is 2.55. The lowest BCUT2D eigenvalue weighted by molar-refractivity contribution is -0.115. The van der Waals surface area contributed by atoms with E-state index in [4.69, 9.17) is 10.00 Å². The number of carbonyl (C=O) groups is 1. The molecule has 0 radical (unpaired) electrons. The van der Waals surface area contributed by atoms with Crippen molar-refractivity contribution < 1.29 is 17.9 Å². The Bertz CT molecular complexity index is 747. The summed E-state index contributed by atoms with van der Waals surface area (Å²) >= 11 is 0. The van der Waals surface area contributed by atoms with Crippen LogP contribution < -0.4 is 10.2 Å². The summed E-state index contributed by atoms with van der Waals surface area (Å²) in [5.74, 6) is -0.531. The standard InChI is InChI=1S/C16H21N3O4S/c1-12(2)24(21,22)15-4-3-13(19-7-9-23-10-8-19)11-14(15)18-16(20)5-6-17/h3-4,11-12H,5,7-10H2,1-2H3,(H,18,20). The Balaban J connectivity index is 2.43. The van der Waals surface area contributed by atoms with Crippen LogP contribution in [-0.4, -0.2) is 45.9 Å². The Morgan fingerprint density at radius 1 is 1.38 bits per heavy atom. The average molecular weight is 351 g/mol. The van der Waals surface area contributed by atoms with Crippen LogP contribution in [0.4, 0.5) is 11.4 Å². The smallest absolute Gasteiger partial charge is 0.238 e. The zero-order chi connectivity index (χ0) is 17.7. The number of nitriles is 1. The summed E-state index contributed by atoms with van der Waals surface area (Å²) in [4.78, 5) is 13.9. The highest BCUT2D eigenvalue weighted by atomic mass is 32.2. The molecular formula is C16H21N3O4S. The van der Waals surface area contributed by atoms with Crippen LogP contribution in [0.3, 0.4) is 0 Å². The van der Waals surface area contributed by atoms with Crippen molar-refractivity contribution in [2.45, 2.75) is 30.4 Å². The van der Waals surface area contributed by atoms with E-state index in [1.165, 1.54) is 6.07 Å². The zero-order valence-corrected chi connectivity index (χ0v) is 14.6. The molecule has 8 heteroatoms. The van der Waals surface area contributed by atoms with Crippen molar-refractivity contribution in [3.63, 3.8) is 0 Å². The Labute approximate surface area is 142 Å². The largest absolute Gasteiger partial charge is 0.378 e. The van der Waals surface area contributed by atoms with E-state index in [2.05, 4.69) is 10.2 Å². The number of hydrogen-bond acceptors (Lipinski definition) is 6. The van der Waals surface area contributed by atoms with Crippen LogP contribution in [-0.2, 0) is 19.4 Å². The second-order valence-electron chi connectivity index (χ2n) is 5.76. The molecule has 24 heavy (non-hydrogen) atoms. The van der Waals surface area contributed by atoms with Crippen molar-refractivity contribution in [3.8, 4) is 6.07 Å². The van der Waals surface area contributed by atoms with E-state index in [-0.39, 0.29) is 17.0 Å². The number of rotatable bonds is 5. The van der Waals surface area contributed by atoms with Crippen LogP contribution in [0.25, 0.3) is 0 Å². The number of benzene rings is 1. The predicted octanol–water partition coefficient (Wildman–Crippen LogP) is 1.56. The van der Waals surface area contributed by atoms with Gasteiger partial charge in [-0.15, -0.1) is 0 Å². The molecule has 0 aliphatic carbocycles. The fourth-order valence-electron chi connectivity index (χ4n) is 2.40. The molecule has 0 bridgehead atoms. The summed E-state index contributed by atoms with van der Waals surface area (Å²) in [6.45, 7) is 5.77. The number of nitrogens with one attached hydrogen (secondary N) is 1. The molecule has 1 aliphatic rings. The van der Waals surface area contributed by atoms with Gasteiger partial charge in [0, 0.05) is 18.8 Å². The minimum Gasteiger partial charge on any atom is -0.378 e. The molecule has 7 nitrogen and oxygen atoms in total. The maximum absolute atomic E-state index is 12.5. The molecule has 1 N–H and O–H groups in total. The first kappa shape index (κ1) is 18.2. The molecule has 0 atom stereocenters. The molecule has 1 aliphatic heterocycles. The summed E-state index contributed by atoms with van der Waals surface area (Å²) in [6, 6.07) is 6.66. The van der Waals surface area contributed by atoms with Gasteiger partial charge in [0.2, 0.25) is 5.91 Å². The van der Waals surface area contributed by atoms with Crippen LogP contribution in [0.15, 0.2) is 23.1 Å². The van der Waals surface area contributed by atoms with E-state index in [9.17, 15) is 13.2 Å². The van der Waals surface area contributed by atoms with Gasteiger partial charge >= 0.3 is 0 Å². The third-order valence-corrected chi connectivity index (χ3v) is 5.99. The van der Waals surface area contributed by atoms with Crippen molar-refractivity contribution in [2.24, 2.45) is 0 Å². The topological polar surface area (TPSA) is 99.5 Å². The summed E-state index contributed by atoms with van der Waals surface area (Å²) in [6.07, 6.45) is -0.330. The predicted molar refractivity (Wildman–Crippen MR) is 90.7 cm³/mol. The third kappa shape index (κ3) is 4.04. The van der Waals surface area contributed by atoms with Crippen LogP contribution >= 0.6 is 0 Å². The first-order chi connectivity index (χ1) is 11.4. The van der Waals surface area contributed by atoms with Gasteiger partial charge in [-0.2, -0.15) is 5.26 Å². The number of sulfone groups is 1. The van der Waals surface area contributed by atoms with E-state index in [0.717, 1.165) is 5.69 Å². The van der Waals surface area contributed by atoms with Gasteiger partial charge in [0.25, 0.3) is 0 Å². The Hall–Kier alpha value is -2.11. The molecule has 130 valence electrons. The maximum Gasteiger partial charge on any atom is 0.238 e. The quantitative estimate of drug-likeness (QED) is 0.864. The van der Waals surface area contributed by atoms with Crippen molar-refractivity contribution in [3.05, 3.63) is 18.2 Å². The molecule has 0 unspecified atom stereocenters. The molecular weight excluding hydrogens is 330 g/mol. The minimum atomic E-state index is -3.56. The molecule has 1 aromatic carbocycles. The van der Waals surface area contributed by atoms with Crippen LogP contribution in [0.5, 0.6) is 0 Å². The number of carbonyl (C=O) groups excluding carboxylic acids is 1. The molecule has 1 fully saturated rings. The molecule has 0 spiro atoms. The normalized spacial score (nSPS) is 15.2. The van der Waals surface area contributed by atoms with Crippen LogP contribution in [0.2, 0.25) is 0 Å². The van der Waals surface area contributed by atoms with Gasteiger partial charge in [-0.3, -0.25) is 4.79 Å². The third-order valence-electron chi connectivity index (χ3n) is 3.78. The number of nitrogens with zero attached hydrogens (tertiary/aromatic N) is 2. The SMILES string of the molecule is CC(C)S(=O)(=O)c1ccc(N2CCOCC2)cc1NC(=O)CC#N. The first-order valence-electron chi connectivity index (χ1n) is 7.73. The van der Waals surface area contributed by atoms with Gasteiger partial charge in [0.1, 0.15) is 6.42 Å². The second-order valence-corrected chi connectivity index (χ2v) is 8.23. The van der Waals surface area contributed by atoms with Gasteiger partial charge in [-0.05, 0) is 32.0 Å². The van der Waals surface area contributed by atoms with E-state index in [1.807, 2.05) is 0 Å². The van der Waals surface area contributed by atoms with E-state index >= 15 is 0 Å². The number of morpholine rings is 1. The van der Waals surface area contributed by atoms with Crippen molar-refractivity contribution in [2.75, 3.05) is 36.5 Å². The Kier molecular flexibility index (Phi) is 5.80. The summed E-state index contributed by atoms with van der Waals surface area (Å²) in [7, 11) is -3.56. The Morgan fingerprint density at radius 2 is 2.04 bits per heavy atom. The summed E-state index contributed by atoms with van der Waals surface area (Å²) in [5, 5.41) is 10.6. The number of anilines is 2. The lowest BCUT2D eigenvalue weighted by Gasteiger charge is -2.29. The lowest BCUT2D eigenvalue weighted by Crippen LogP contribution is -2.36. The highest BCUT2D eigenvalue weighted by Gasteiger charge is 2.25. The van der Waals surface area contributed by atoms with Gasteiger partial charge in [-0.25, -0.2) is 8.42 Å². The van der Waals surface area contributed by atoms with Crippen molar-refractivity contribution in [1.29, 1.82) is 5.26 Å². The fraction of sp³-hybridized carbons (Fsp3) is 0.500. The molecule has 2 rings (SSSR count). The van der Waals surface area contributed by atoms with Gasteiger partial charge < -0.3 is 15.0 Å². The fourth-order valence-corrected chi connectivity index (χ4v) is 3.58. The summed E-state index contributed by atoms with van der Waals surface area (Å²) < 4.78 is 30.4. The number of hydrogen-bond donors (Lipinski definition) is 1. The summed E-state index contributed by atoms with van der Waals surface area (Å²) in [5.41, 5.74) is 1.03. The lowest BCUT2D eigenvalue weighted by atomic mass is 10.2. The van der Waals surface area contributed by atoms with Crippen molar-refractivity contribution >= 4 is 27.1 Å². The first-order valence-corrected chi connectivity index (χ1v) is 9.28. The highest BCUT2D eigenvalue weighted by molar-refractivity contribution is 7.92. The monoisotopic (exact) mass is 351 g/mol. The Morgan fingerprint density at radius 3 is 2.62 bits per heavy atom. The number of amides is 1. The molecule has 1 heterocycles. The van der Waals surface area contributed by atoms with E-state index in [0.29, 0.717) is 26.3 Å². The van der Waals surface area contributed by atoms with E-state index < -0.39 is 21.0 Å². The molecule has 0 aromatic heterocycles. The maximum atomic E-state index is 12.5. The molecule has 1 saturated heterocycles. The van der Waals surface area contributed by atoms with Gasteiger partial charge in [0.05, 0.1) is 35.1 Å². The molecule has 0 saturated carbocycles. The minimum absolute atomic E-state index is 0.0702. The van der Waals surface area contributed by atoms with Crippen LogP contribution in [0.1, 0.15) is 20.3 Å². The number of ether oxygens (including phenoxy) is 1. The van der Waals surface area contributed by atoms with Crippen LogP contribution in [0, 0.1) is 11.3 Å². The molecule has 1 aromatic rings. The highest BCUT2D eigenvalue weighted by Crippen LogP contribution is 2.30. The second kappa shape index (κ2) is 7.64. The van der Waals surface area contributed by atoms with E-state index in [1.54, 1.807) is 32.0 Å². The molecule has 1 amide bonds. The zero-order valence-electron chi connectivity index (χ0n) is 13.8.